The molecule has 0 spiro atoms. The monoisotopic (exact) mass is 399 g/mol. The van der Waals surface area contributed by atoms with Crippen molar-refractivity contribution in [2.75, 3.05) is 0 Å². The van der Waals surface area contributed by atoms with E-state index in [-0.39, 0.29) is 11.9 Å². The highest BCUT2D eigenvalue weighted by Gasteiger charge is 2.30. The van der Waals surface area contributed by atoms with Gasteiger partial charge < -0.3 is 0 Å². The van der Waals surface area contributed by atoms with Gasteiger partial charge in [0.25, 0.3) is 5.91 Å². The van der Waals surface area contributed by atoms with E-state index >= 15 is 0 Å². The van der Waals surface area contributed by atoms with Crippen molar-refractivity contribution in [3.63, 3.8) is 0 Å². The van der Waals surface area contributed by atoms with Gasteiger partial charge in [0.15, 0.2) is 0 Å². The molecule has 0 bridgehead atoms. The van der Waals surface area contributed by atoms with Crippen molar-refractivity contribution in [2.45, 2.75) is 38.8 Å². The molecular weight excluding hydrogens is 378 g/mol. The number of aryl methyl sites for hydroxylation is 2. The lowest BCUT2D eigenvalue weighted by Crippen LogP contribution is -2.29. The minimum Gasteiger partial charge on any atom is -0.268 e. The second-order valence-corrected chi connectivity index (χ2v) is 7.24. The molecule has 30 heavy (non-hydrogen) atoms. The molecule has 1 aliphatic heterocycles. The molecule has 0 saturated carbocycles. The topological polar surface area (TPSA) is 100 Å². The number of fused-ring (bicyclic) bond motifs is 1. The number of aromatic nitrogens is 4. The highest BCUT2D eigenvalue weighted by atomic mass is 16.2. The van der Waals surface area contributed by atoms with Gasteiger partial charge in [0, 0.05) is 36.3 Å². The van der Waals surface area contributed by atoms with Crippen molar-refractivity contribution < 1.29 is 4.79 Å². The number of nitrogens with zero attached hydrogens (tertiary/aromatic N) is 7. The summed E-state index contributed by atoms with van der Waals surface area (Å²) in [5, 5.41) is 20.0. The van der Waals surface area contributed by atoms with Gasteiger partial charge in [-0.15, -0.1) is 0 Å². The zero-order chi connectivity index (χ0) is 21.1. The van der Waals surface area contributed by atoms with Gasteiger partial charge in [0.05, 0.1) is 40.9 Å². The van der Waals surface area contributed by atoms with Crippen molar-refractivity contribution in [1.29, 1.82) is 5.26 Å². The van der Waals surface area contributed by atoms with E-state index in [1.54, 1.807) is 30.9 Å². The number of hydrazone groups is 1. The third-order valence-electron chi connectivity index (χ3n) is 5.07. The van der Waals surface area contributed by atoms with Crippen molar-refractivity contribution >= 4 is 23.0 Å². The van der Waals surface area contributed by atoms with Crippen LogP contribution in [-0.2, 0) is 11.3 Å². The summed E-state index contributed by atoms with van der Waals surface area (Å²) in [7, 11) is 0. The summed E-state index contributed by atoms with van der Waals surface area (Å²) in [6.07, 6.45) is 8.71. The number of carbonyl (C=O) groups is 1. The zero-order valence-corrected chi connectivity index (χ0v) is 16.7. The first-order chi connectivity index (χ1) is 14.6. The summed E-state index contributed by atoms with van der Waals surface area (Å²) in [4.78, 5) is 21.6. The third-order valence-corrected chi connectivity index (χ3v) is 5.07. The van der Waals surface area contributed by atoms with E-state index in [0.29, 0.717) is 36.9 Å². The fraction of sp³-hybridized carbons (Fsp3) is 0.273. The summed E-state index contributed by atoms with van der Waals surface area (Å²) >= 11 is 0. The Morgan fingerprint density at radius 2 is 2.20 bits per heavy atom. The SMILES string of the molecule is C=C(CCCn1ncc2cc(C#N)ccc21)C(=O)N1N=CCC1c1cncc(C)n1. The maximum absolute atomic E-state index is 12.9. The number of nitriles is 1. The van der Waals surface area contributed by atoms with Crippen LogP contribution >= 0.6 is 0 Å². The molecule has 0 aliphatic carbocycles. The summed E-state index contributed by atoms with van der Waals surface area (Å²) in [6, 6.07) is 7.39. The molecule has 3 aromatic rings. The number of amides is 1. The van der Waals surface area contributed by atoms with Gasteiger partial charge >= 0.3 is 0 Å². The molecule has 3 heterocycles. The van der Waals surface area contributed by atoms with Crippen LogP contribution in [0.3, 0.4) is 0 Å². The van der Waals surface area contributed by atoms with Crippen LogP contribution in [0.15, 0.2) is 54.0 Å². The number of rotatable bonds is 6. The first-order valence-electron chi connectivity index (χ1n) is 9.75. The maximum atomic E-state index is 12.9. The zero-order valence-electron chi connectivity index (χ0n) is 16.7. The molecule has 8 heteroatoms. The summed E-state index contributed by atoms with van der Waals surface area (Å²) in [6.45, 7) is 6.50. The van der Waals surface area contributed by atoms with E-state index in [1.165, 1.54) is 5.01 Å². The smallest absolute Gasteiger partial charge is 0.268 e. The Morgan fingerprint density at radius 1 is 1.33 bits per heavy atom. The van der Waals surface area contributed by atoms with Crippen molar-refractivity contribution in [3.05, 3.63) is 65.9 Å². The van der Waals surface area contributed by atoms with E-state index in [0.717, 1.165) is 22.3 Å². The van der Waals surface area contributed by atoms with Crippen LogP contribution < -0.4 is 0 Å². The molecule has 1 aromatic carbocycles. The first kappa shape index (κ1) is 19.5. The van der Waals surface area contributed by atoms with E-state index < -0.39 is 0 Å². The van der Waals surface area contributed by atoms with Gasteiger partial charge in [-0.05, 0) is 38.0 Å². The Hall–Kier alpha value is -3.86. The van der Waals surface area contributed by atoms with Crippen LogP contribution in [0, 0.1) is 18.3 Å². The molecule has 8 nitrogen and oxygen atoms in total. The van der Waals surface area contributed by atoms with Crippen LogP contribution in [-0.4, -0.2) is 36.9 Å². The van der Waals surface area contributed by atoms with Crippen LogP contribution in [0.2, 0.25) is 0 Å². The minimum absolute atomic E-state index is 0.193. The predicted octanol–water partition coefficient (Wildman–Crippen LogP) is 3.30. The Kier molecular flexibility index (Phi) is 5.35. The Morgan fingerprint density at radius 3 is 3.00 bits per heavy atom. The molecule has 1 amide bonds. The predicted molar refractivity (Wildman–Crippen MR) is 112 cm³/mol. The molecular formula is C22H21N7O. The van der Waals surface area contributed by atoms with Gasteiger partial charge in [-0.3, -0.25) is 19.4 Å². The second-order valence-electron chi connectivity index (χ2n) is 7.24. The standard InChI is InChI=1S/C22H21N7O/c1-15(4-3-9-28-20-6-5-17(11-23)10-18(20)13-26-28)22(30)29-21(7-8-25-29)19-14-24-12-16(2)27-19/h5-6,8,10,12-14,21H,1,3-4,7,9H2,2H3. The maximum Gasteiger partial charge on any atom is 0.269 e. The van der Waals surface area contributed by atoms with E-state index in [4.69, 9.17) is 5.26 Å². The molecule has 0 fully saturated rings. The fourth-order valence-corrected chi connectivity index (χ4v) is 3.54. The largest absolute Gasteiger partial charge is 0.269 e. The number of carbonyl (C=O) groups excluding carboxylic acids is 1. The second kappa shape index (κ2) is 8.25. The number of hydrogen-bond donors (Lipinski definition) is 0. The van der Waals surface area contributed by atoms with Crippen molar-refractivity contribution in [2.24, 2.45) is 5.10 Å². The highest BCUT2D eigenvalue weighted by Crippen LogP contribution is 2.28. The van der Waals surface area contributed by atoms with E-state index in [1.807, 2.05) is 23.7 Å². The van der Waals surface area contributed by atoms with Crippen LogP contribution in [0.1, 0.15) is 42.3 Å². The molecule has 1 atom stereocenters. The average molecular weight is 399 g/mol. The Labute approximate surface area is 174 Å². The van der Waals surface area contributed by atoms with Gasteiger partial charge in [0.2, 0.25) is 0 Å². The molecule has 0 radical (unpaired) electrons. The molecule has 1 aliphatic rings. The summed E-state index contributed by atoms with van der Waals surface area (Å²) < 4.78 is 1.88. The average Bonchev–Trinajstić information content (AvgIpc) is 3.40. The number of hydrogen-bond acceptors (Lipinski definition) is 6. The lowest BCUT2D eigenvalue weighted by atomic mass is 10.1. The number of benzene rings is 1. The lowest BCUT2D eigenvalue weighted by molar-refractivity contribution is -0.129. The summed E-state index contributed by atoms with van der Waals surface area (Å²) in [5.74, 6) is -0.193. The Balaban J connectivity index is 1.38. The van der Waals surface area contributed by atoms with Gasteiger partial charge in [-0.2, -0.15) is 15.5 Å². The van der Waals surface area contributed by atoms with E-state index in [2.05, 4.69) is 32.8 Å². The van der Waals surface area contributed by atoms with Crippen LogP contribution in [0.25, 0.3) is 10.9 Å². The van der Waals surface area contributed by atoms with Gasteiger partial charge in [-0.1, -0.05) is 6.58 Å². The molecule has 2 aromatic heterocycles. The van der Waals surface area contributed by atoms with Crippen molar-refractivity contribution in [1.82, 2.24) is 24.8 Å². The van der Waals surface area contributed by atoms with E-state index in [9.17, 15) is 4.79 Å². The Bertz CT molecular complexity index is 1190. The molecule has 150 valence electrons. The molecule has 1 unspecified atom stereocenters. The van der Waals surface area contributed by atoms with Crippen LogP contribution in [0.5, 0.6) is 0 Å². The quantitative estimate of drug-likeness (QED) is 0.592. The summed E-state index contributed by atoms with van der Waals surface area (Å²) in [5.41, 5.74) is 3.61. The van der Waals surface area contributed by atoms with Crippen molar-refractivity contribution in [3.8, 4) is 6.07 Å². The molecule has 0 N–H and O–H groups in total. The molecule has 0 saturated heterocycles. The minimum atomic E-state index is -0.244. The van der Waals surface area contributed by atoms with Gasteiger partial charge in [0.1, 0.15) is 6.04 Å². The first-order valence-corrected chi connectivity index (χ1v) is 9.75. The van der Waals surface area contributed by atoms with Crippen LogP contribution in [0.4, 0.5) is 0 Å². The van der Waals surface area contributed by atoms with Gasteiger partial charge in [-0.25, -0.2) is 5.01 Å². The fourth-order valence-electron chi connectivity index (χ4n) is 3.54. The lowest BCUT2D eigenvalue weighted by Gasteiger charge is -2.22. The third kappa shape index (κ3) is 3.82. The normalized spacial score (nSPS) is 15.5. The molecule has 4 rings (SSSR count). The highest BCUT2D eigenvalue weighted by molar-refractivity contribution is 5.94.